The van der Waals surface area contributed by atoms with Crippen LogP contribution in [-0.4, -0.2) is 14.1 Å². The van der Waals surface area contributed by atoms with Gasteiger partial charge in [0, 0.05) is 31.2 Å². The van der Waals surface area contributed by atoms with Crippen LogP contribution in [0.2, 0.25) is 0 Å². The summed E-state index contributed by atoms with van der Waals surface area (Å²) in [6.45, 7) is 2.03. The van der Waals surface area contributed by atoms with E-state index < -0.39 is 0 Å². The molecule has 0 N–H and O–H groups in total. The molecule has 1 aromatic carbocycles. The average Bonchev–Trinajstić information content (AvgIpc) is 2.30. The van der Waals surface area contributed by atoms with E-state index in [1.165, 1.54) is 0 Å². The lowest BCUT2D eigenvalue weighted by molar-refractivity contribution is 0.554. The number of rotatable bonds is 2. The van der Waals surface area contributed by atoms with Gasteiger partial charge in [-0.2, -0.15) is 0 Å². The van der Waals surface area contributed by atoms with Gasteiger partial charge in [-0.05, 0) is 40.0 Å². The predicted molar refractivity (Wildman–Crippen MR) is 73.9 cm³/mol. The highest BCUT2D eigenvalue weighted by Crippen LogP contribution is 2.27. The minimum atomic E-state index is -0.315. The molecule has 0 atom stereocenters. The first-order valence-electron chi connectivity index (χ1n) is 5.47. The maximum atomic E-state index is 11.7. The second-order valence-electron chi connectivity index (χ2n) is 4.11. The SMILES string of the molecule is CCc1c(Br)c(=O)oc2cc(N(C)C)ccc12. The number of fused-ring (bicyclic) bond motifs is 1. The number of hydrogen-bond acceptors (Lipinski definition) is 3. The lowest BCUT2D eigenvalue weighted by Gasteiger charge is -2.13. The first-order valence-corrected chi connectivity index (χ1v) is 6.26. The van der Waals surface area contributed by atoms with Gasteiger partial charge in [0.05, 0.1) is 0 Å². The topological polar surface area (TPSA) is 33.5 Å². The Kier molecular flexibility index (Phi) is 3.24. The van der Waals surface area contributed by atoms with E-state index in [0.717, 1.165) is 23.1 Å². The summed E-state index contributed by atoms with van der Waals surface area (Å²) in [6, 6.07) is 5.91. The summed E-state index contributed by atoms with van der Waals surface area (Å²) in [5.41, 5.74) is 2.35. The molecule has 0 amide bonds. The second kappa shape index (κ2) is 4.53. The van der Waals surface area contributed by atoms with Gasteiger partial charge in [0.25, 0.3) is 0 Å². The number of halogens is 1. The van der Waals surface area contributed by atoms with Crippen molar-refractivity contribution >= 4 is 32.6 Å². The van der Waals surface area contributed by atoms with Crippen LogP contribution in [0.3, 0.4) is 0 Å². The van der Waals surface area contributed by atoms with Crippen LogP contribution in [-0.2, 0) is 6.42 Å². The molecule has 1 heterocycles. The van der Waals surface area contributed by atoms with E-state index in [0.29, 0.717) is 10.1 Å². The molecule has 0 aliphatic carbocycles. The van der Waals surface area contributed by atoms with Crippen LogP contribution >= 0.6 is 15.9 Å². The third kappa shape index (κ3) is 2.09. The Balaban J connectivity index is 2.81. The molecule has 0 saturated heterocycles. The van der Waals surface area contributed by atoms with E-state index in [1.54, 1.807) is 0 Å². The van der Waals surface area contributed by atoms with Crippen LogP contribution in [0.1, 0.15) is 12.5 Å². The van der Waals surface area contributed by atoms with Crippen LogP contribution in [0.25, 0.3) is 11.0 Å². The zero-order valence-corrected chi connectivity index (χ0v) is 11.7. The fourth-order valence-electron chi connectivity index (χ4n) is 1.85. The molecular formula is C13H14BrNO2. The minimum Gasteiger partial charge on any atom is -0.422 e. The van der Waals surface area contributed by atoms with Gasteiger partial charge in [-0.15, -0.1) is 0 Å². The fraction of sp³-hybridized carbons (Fsp3) is 0.308. The summed E-state index contributed by atoms with van der Waals surface area (Å²) in [5.74, 6) is 0. The molecule has 0 bridgehead atoms. The summed E-state index contributed by atoms with van der Waals surface area (Å²) in [4.78, 5) is 13.6. The monoisotopic (exact) mass is 295 g/mol. The van der Waals surface area contributed by atoms with Gasteiger partial charge in [-0.25, -0.2) is 4.79 Å². The zero-order valence-electron chi connectivity index (χ0n) is 10.1. The third-order valence-corrected chi connectivity index (χ3v) is 3.61. The van der Waals surface area contributed by atoms with Gasteiger partial charge >= 0.3 is 5.63 Å². The number of nitrogens with zero attached hydrogens (tertiary/aromatic N) is 1. The maximum Gasteiger partial charge on any atom is 0.350 e. The van der Waals surface area contributed by atoms with Crippen molar-refractivity contribution in [1.29, 1.82) is 0 Å². The minimum absolute atomic E-state index is 0.315. The van der Waals surface area contributed by atoms with E-state index in [1.807, 2.05) is 44.1 Å². The lowest BCUT2D eigenvalue weighted by Crippen LogP contribution is -2.09. The average molecular weight is 296 g/mol. The first-order chi connectivity index (χ1) is 8.04. The van der Waals surface area contributed by atoms with Gasteiger partial charge in [0.1, 0.15) is 10.1 Å². The van der Waals surface area contributed by atoms with Crippen molar-refractivity contribution in [2.24, 2.45) is 0 Å². The fourth-order valence-corrected chi connectivity index (χ4v) is 2.43. The summed E-state index contributed by atoms with van der Waals surface area (Å²) < 4.78 is 5.83. The number of hydrogen-bond donors (Lipinski definition) is 0. The van der Waals surface area contributed by atoms with Crippen LogP contribution in [0.5, 0.6) is 0 Å². The Morgan fingerprint density at radius 2 is 2.06 bits per heavy atom. The van der Waals surface area contributed by atoms with E-state index in [2.05, 4.69) is 15.9 Å². The normalized spacial score (nSPS) is 10.8. The van der Waals surface area contributed by atoms with E-state index in [-0.39, 0.29) is 5.63 Å². The molecule has 17 heavy (non-hydrogen) atoms. The maximum absolute atomic E-state index is 11.7. The molecule has 90 valence electrons. The molecule has 2 rings (SSSR count). The molecule has 3 nitrogen and oxygen atoms in total. The Morgan fingerprint density at radius 3 is 2.65 bits per heavy atom. The van der Waals surface area contributed by atoms with Crippen molar-refractivity contribution in [3.63, 3.8) is 0 Å². The Labute approximate surface area is 108 Å². The molecule has 0 unspecified atom stereocenters. The zero-order chi connectivity index (χ0) is 12.6. The lowest BCUT2D eigenvalue weighted by atomic mass is 10.1. The third-order valence-electron chi connectivity index (χ3n) is 2.81. The van der Waals surface area contributed by atoms with Gasteiger partial charge in [0.15, 0.2) is 0 Å². The first kappa shape index (κ1) is 12.2. The highest BCUT2D eigenvalue weighted by Gasteiger charge is 2.11. The summed E-state index contributed by atoms with van der Waals surface area (Å²) in [7, 11) is 3.91. The molecule has 0 spiro atoms. The number of aryl methyl sites for hydroxylation is 1. The highest BCUT2D eigenvalue weighted by atomic mass is 79.9. The molecule has 0 aliphatic rings. The molecule has 0 fully saturated rings. The smallest absolute Gasteiger partial charge is 0.350 e. The highest BCUT2D eigenvalue weighted by molar-refractivity contribution is 9.10. The van der Waals surface area contributed by atoms with Crippen LogP contribution in [0.15, 0.2) is 31.9 Å². The Hall–Kier alpha value is -1.29. The second-order valence-corrected chi connectivity index (χ2v) is 4.90. The summed E-state index contributed by atoms with van der Waals surface area (Å²) >= 11 is 3.29. The largest absolute Gasteiger partial charge is 0.422 e. The molecule has 4 heteroatoms. The van der Waals surface area contributed by atoms with E-state index >= 15 is 0 Å². The predicted octanol–water partition coefficient (Wildman–Crippen LogP) is 3.18. The van der Waals surface area contributed by atoms with Crippen molar-refractivity contribution in [3.8, 4) is 0 Å². The standard InChI is InChI=1S/C13H14BrNO2/c1-4-9-10-6-5-8(15(2)3)7-11(10)17-13(16)12(9)14/h5-7H,4H2,1-3H3. The van der Waals surface area contributed by atoms with Gasteiger partial charge in [0.2, 0.25) is 0 Å². The van der Waals surface area contributed by atoms with Crippen LogP contribution < -0.4 is 10.5 Å². The molecule has 0 radical (unpaired) electrons. The van der Waals surface area contributed by atoms with E-state index in [9.17, 15) is 4.79 Å². The number of benzene rings is 1. The molecule has 2 aromatic rings. The molecule has 0 saturated carbocycles. The quantitative estimate of drug-likeness (QED) is 0.798. The van der Waals surface area contributed by atoms with Crippen LogP contribution in [0.4, 0.5) is 5.69 Å². The molecule has 1 aromatic heterocycles. The van der Waals surface area contributed by atoms with Crippen molar-refractivity contribution in [1.82, 2.24) is 0 Å². The molecule has 0 aliphatic heterocycles. The van der Waals surface area contributed by atoms with Crippen molar-refractivity contribution in [2.45, 2.75) is 13.3 Å². The summed E-state index contributed by atoms with van der Waals surface area (Å²) in [6.07, 6.45) is 0.796. The van der Waals surface area contributed by atoms with Gasteiger partial charge in [-0.1, -0.05) is 6.92 Å². The van der Waals surface area contributed by atoms with Crippen molar-refractivity contribution in [2.75, 3.05) is 19.0 Å². The number of anilines is 1. The van der Waals surface area contributed by atoms with Gasteiger partial charge in [-0.3, -0.25) is 0 Å². The van der Waals surface area contributed by atoms with Crippen molar-refractivity contribution < 1.29 is 4.42 Å². The van der Waals surface area contributed by atoms with E-state index in [4.69, 9.17) is 4.42 Å². The summed E-state index contributed by atoms with van der Waals surface area (Å²) in [5, 5.41) is 0.990. The Bertz CT molecular complexity index is 617. The molecular weight excluding hydrogens is 282 g/mol. The van der Waals surface area contributed by atoms with Crippen molar-refractivity contribution in [3.05, 3.63) is 38.7 Å². The van der Waals surface area contributed by atoms with Crippen LogP contribution in [0, 0.1) is 0 Å². The Morgan fingerprint density at radius 1 is 1.35 bits per heavy atom. The van der Waals surface area contributed by atoms with Gasteiger partial charge < -0.3 is 9.32 Å².